The summed E-state index contributed by atoms with van der Waals surface area (Å²) in [6.07, 6.45) is -5.49. The minimum Gasteiger partial charge on any atom is -0.382 e. The molecule has 1 aromatic heterocycles. The molecule has 13 heteroatoms. The Morgan fingerprint density at radius 1 is 0.902 bits per heavy atom. The molecule has 216 valence electrons. The van der Waals surface area contributed by atoms with E-state index in [0.717, 1.165) is 42.9 Å². The predicted octanol–water partition coefficient (Wildman–Crippen LogP) is 0.574. The van der Waals surface area contributed by atoms with E-state index in [1.165, 1.54) is 6.20 Å². The third kappa shape index (κ3) is 4.51. The van der Waals surface area contributed by atoms with Crippen LogP contribution < -0.4 is 5.32 Å². The Morgan fingerprint density at radius 2 is 1.51 bits per heavy atom. The lowest BCUT2D eigenvalue weighted by molar-refractivity contribution is -0.322. The minimum absolute atomic E-state index is 0.131. The van der Waals surface area contributed by atoms with Crippen molar-refractivity contribution in [2.75, 3.05) is 5.32 Å². The van der Waals surface area contributed by atoms with Gasteiger partial charge in [0.2, 0.25) is 17.0 Å². The summed E-state index contributed by atoms with van der Waals surface area (Å²) in [5, 5.41) is 49.3. The molecule has 6 atom stereocenters. The molecule has 2 aromatic carbocycles. The highest BCUT2D eigenvalue weighted by atomic mass is 32.1. The van der Waals surface area contributed by atoms with E-state index in [4.69, 9.17) is 4.74 Å². The van der Waals surface area contributed by atoms with Crippen LogP contribution in [-0.2, 0) is 23.9 Å². The van der Waals surface area contributed by atoms with Crippen molar-refractivity contribution in [2.45, 2.75) is 62.9 Å². The molecule has 1 fully saturated rings. The highest BCUT2D eigenvalue weighted by Crippen LogP contribution is 2.48. The number of rotatable bonds is 9. The zero-order chi connectivity index (χ0) is 30.5. The number of benzene rings is 2. The number of thiazole rings is 1. The van der Waals surface area contributed by atoms with Gasteiger partial charge >= 0.3 is 0 Å². The zero-order valence-corrected chi connectivity index (χ0v) is 23.3. The van der Waals surface area contributed by atoms with E-state index in [9.17, 15) is 44.4 Å². The van der Waals surface area contributed by atoms with Crippen molar-refractivity contribution in [3.63, 3.8) is 0 Å². The molecule has 0 aliphatic carbocycles. The van der Waals surface area contributed by atoms with Crippen molar-refractivity contribution < 1.29 is 49.1 Å². The molecule has 1 aliphatic rings. The van der Waals surface area contributed by atoms with Crippen molar-refractivity contribution >= 4 is 56.2 Å². The highest BCUT2D eigenvalue weighted by Gasteiger charge is 2.79. The first-order chi connectivity index (χ1) is 19.1. The van der Waals surface area contributed by atoms with Gasteiger partial charge in [-0.25, -0.2) is 4.98 Å². The van der Waals surface area contributed by atoms with Crippen LogP contribution >= 0.6 is 11.3 Å². The lowest BCUT2D eigenvalue weighted by Crippen LogP contribution is -2.88. The summed E-state index contributed by atoms with van der Waals surface area (Å²) in [6, 6.07) is 12.6. The quantitative estimate of drug-likeness (QED) is 0.219. The summed E-state index contributed by atoms with van der Waals surface area (Å²) >= 11 is 0.778. The molecule has 5 N–H and O–H groups in total. The predicted molar refractivity (Wildman–Crippen MR) is 145 cm³/mol. The van der Waals surface area contributed by atoms with Crippen LogP contribution in [0.25, 0.3) is 10.8 Å². The van der Waals surface area contributed by atoms with Crippen LogP contribution in [0.3, 0.4) is 0 Å². The number of Topliss-reactive ketones (excluding diaryl/α,β-unsaturated/α-hetero) is 4. The second kappa shape index (κ2) is 10.6. The first-order valence-electron chi connectivity index (χ1n) is 12.4. The lowest BCUT2D eigenvalue weighted by Gasteiger charge is -2.58. The van der Waals surface area contributed by atoms with E-state index in [1.807, 2.05) is 24.3 Å². The van der Waals surface area contributed by atoms with E-state index in [-0.39, 0.29) is 10.0 Å². The van der Waals surface area contributed by atoms with Gasteiger partial charge in [-0.1, -0.05) is 47.7 Å². The maximum absolute atomic E-state index is 13.2. The van der Waals surface area contributed by atoms with Crippen molar-refractivity contribution in [1.82, 2.24) is 4.98 Å². The molecule has 0 amide bonds. The molecule has 0 bridgehead atoms. The first kappa shape index (κ1) is 30.2. The van der Waals surface area contributed by atoms with Crippen molar-refractivity contribution in [2.24, 2.45) is 0 Å². The number of nitrogens with one attached hydrogen (secondary N) is 1. The van der Waals surface area contributed by atoms with Crippen LogP contribution in [0.5, 0.6) is 0 Å². The van der Waals surface area contributed by atoms with Gasteiger partial charge in [0.25, 0.3) is 0 Å². The van der Waals surface area contributed by atoms with E-state index >= 15 is 0 Å². The molecule has 1 saturated heterocycles. The molecular formula is C28H28N2O10S. The van der Waals surface area contributed by atoms with E-state index in [0.29, 0.717) is 12.5 Å². The van der Waals surface area contributed by atoms with Crippen LogP contribution in [-0.4, -0.2) is 89.6 Å². The largest absolute Gasteiger partial charge is 0.382 e. The van der Waals surface area contributed by atoms with Gasteiger partial charge in [-0.3, -0.25) is 24.0 Å². The summed E-state index contributed by atoms with van der Waals surface area (Å²) in [6.45, 7) is 3.13. The Balaban J connectivity index is 1.77. The lowest BCUT2D eigenvalue weighted by atomic mass is 9.59. The van der Waals surface area contributed by atoms with Gasteiger partial charge in [0.15, 0.2) is 40.1 Å². The summed E-state index contributed by atoms with van der Waals surface area (Å²) in [5.41, 5.74) is -9.99. The van der Waals surface area contributed by atoms with Gasteiger partial charge < -0.3 is 30.5 Å². The second-order valence-electron chi connectivity index (χ2n) is 9.97. The van der Waals surface area contributed by atoms with E-state index in [2.05, 4.69) is 10.3 Å². The molecule has 0 spiro atoms. The Labute approximate surface area is 237 Å². The van der Waals surface area contributed by atoms with Crippen molar-refractivity contribution in [3.05, 3.63) is 59.1 Å². The fourth-order valence-electron chi connectivity index (χ4n) is 5.15. The molecule has 2 heterocycles. The van der Waals surface area contributed by atoms with E-state index in [1.54, 1.807) is 18.2 Å². The number of nitrogens with zero attached hydrogens (tertiary/aromatic N) is 1. The van der Waals surface area contributed by atoms with Gasteiger partial charge in [0.05, 0.1) is 11.1 Å². The Hall–Kier alpha value is -3.72. The van der Waals surface area contributed by atoms with Crippen LogP contribution in [0.15, 0.2) is 48.7 Å². The fraction of sp³-hybridized carbons (Fsp3) is 0.357. The Kier molecular flexibility index (Phi) is 7.82. The second-order valence-corrected chi connectivity index (χ2v) is 11.0. The molecule has 41 heavy (non-hydrogen) atoms. The number of ketones is 5. The number of aromatic nitrogens is 1. The number of anilines is 1. The van der Waals surface area contributed by atoms with Crippen molar-refractivity contribution in [1.29, 1.82) is 0 Å². The SMILES string of the molecule is CC(=O)C(O)[C@H]1O[C@@H](Nc2ncc(C(=O)c3ccc4ccccc4c3)s2)[C@](O)(C(C)=O)[C@](O)(C(C)=O)[C@@]1(O)C(C)=O. The average Bonchev–Trinajstić information content (AvgIpc) is 3.40. The minimum atomic E-state index is -3.59. The third-order valence-corrected chi connectivity index (χ3v) is 8.39. The number of fused-ring (bicyclic) bond motifs is 1. The summed E-state index contributed by atoms with van der Waals surface area (Å²) in [5.74, 6) is -5.49. The number of hydrogen-bond acceptors (Lipinski definition) is 13. The van der Waals surface area contributed by atoms with Crippen LogP contribution in [0, 0.1) is 0 Å². The molecule has 4 rings (SSSR count). The molecular weight excluding hydrogens is 556 g/mol. The van der Waals surface area contributed by atoms with E-state index < -0.39 is 64.2 Å². The summed E-state index contributed by atoms with van der Waals surface area (Å²) < 4.78 is 5.56. The number of carbonyl (C=O) groups excluding carboxylic acids is 5. The number of aliphatic hydroxyl groups is 4. The standard InChI is InChI=1S/C28H28N2O10S/c1-13(31)21(35)23-26(37,14(2)32)28(39,16(4)34)27(38,15(3)33)24(40-23)30-25-29-12-20(41-25)22(36)19-10-9-17-7-5-6-8-18(17)11-19/h5-12,21,23-24,35,37-39H,1-4H3,(H,29,30)/t21?,23-,24-,26-,27-,28+/m1/s1. The molecule has 12 nitrogen and oxygen atoms in total. The van der Waals surface area contributed by atoms with Gasteiger partial charge in [-0.2, -0.15) is 0 Å². The maximum Gasteiger partial charge on any atom is 0.207 e. The topological polar surface area (TPSA) is 200 Å². The van der Waals surface area contributed by atoms with Crippen LogP contribution in [0.1, 0.15) is 42.9 Å². The van der Waals surface area contributed by atoms with Gasteiger partial charge in [-0.15, -0.1) is 0 Å². The maximum atomic E-state index is 13.2. The molecule has 1 unspecified atom stereocenters. The third-order valence-electron chi connectivity index (χ3n) is 7.46. The van der Waals surface area contributed by atoms with Crippen LogP contribution in [0.4, 0.5) is 5.13 Å². The molecule has 1 aliphatic heterocycles. The number of carbonyl (C=O) groups is 5. The first-order valence-corrected chi connectivity index (χ1v) is 13.2. The number of ether oxygens (including phenoxy) is 1. The smallest absolute Gasteiger partial charge is 0.207 e. The molecule has 0 radical (unpaired) electrons. The number of hydrogen-bond donors (Lipinski definition) is 5. The summed E-state index contributed by atoms with van der Waals surface area (Å²) in [4.78, 5) is 67.9. The number of aliphatic hydroxyl groups excluding tert-OH is 1. The highest BCUT2D eigenvalue weighted by molar-refractivity contribution is 7.17. The Bertz CT molecular complexity index is 1590. The van der Waals surface area contributed by atoms with Gasteiger partial charge in [0.1, 0.15) is 12.2 Å². The Morgan fingerprint density at radius 3 is 2.07 bits per heavy atom. The van der Waals surface area contributed by atoms with Gasteiger partial charge in [0, 0.05) is 5.56 Å². The average molecular weight is 585 g/mol. The normalized spacial score (nSPS) is 28.6. The fourth-order valence-corrected chi connectivity index (χ4v) is 5.94. The van der Waals surface area contributed by atoms with Crippen molar-refractivity contribution in [3.8, 4) is 0 Å². The molecule has 3 aromatic rings. The summed E-state index contributed by atoms with van der Waals surface area (Å²) in [7, 11) is 0. The van der Waals surface area contributed by atoms with Crippen LogP contribution in [0.2, 0.25) is 0 Å². The van der Waals surface area contributed by atoms with Gasteiger partial charge in [-0.05, 0) is 44.5 Å². The monoisotopic (exact) mass is 584 g/mol. The molecule has 0 saturated carbocycles. The zero-order valence-electron chi connectivity index (χ0n) is 22.4.